The van der Waals surface area contributed by atoms with Gasteiger partial charge in [0.1, 0.15) is 0 Å². The van der Waals surface area contributed by atoms with Crippen LogP contribution in [0.15, 0.2) is 24.3 Å². The first kappa shape index (κ1) is 12.5. The zero-order chi connectivity index (χ0) is 11.1. The van der Waals surface area contributed by atoms with Crippen LogP contribution in [0.25, 0.3) is 0 Å². The predicted molar refractivity (Wildman–Crippen MR) is 64.4 cm³/mol. The largest absolute Gasteiger partial charge is 0.382 e. The van der Waals surface area contributed by atoms with Crippen LogP contribution in [0.2, 0.25) is 5.02 Å². The van der Waals surface area contributed by atoms with Crippen molar-refractivity contribution in [3.05, 3.63) is 34.9 Å². The zero-order valence-electron chi connectivity index (χ0n) is 9.08. The fourth-order valence-electron chi connectivity index (χ4n) is 1.55. The van der Waals surface area contributed by atoms with Gasteiger partial charge in [0.15, 0.2) is 0 Å². The van der Waals surface area contributed by atoms with Crippen molar-refractivity contribution in [1.29, 1.82) is 0 Å². The van der Waals surface area contributed by atoms with Crippen LogP contribution in [0.3, 0.4) is 0 Å². The quantitative estimate of drug-likeness (QED) is 0.759. The van der Waals surface area contributed by atoms with E-state index in [0.29, 0.717) is 12.5 Å². The Labute approximate surface area is 96.4 Å². The Bertz CT molecular complexity index is 291. The normalized spacial score (nSPS) is 12.7. The van der Waals surface area contributed by atoms with Gasteiger partial charge in [-0.05, 0) is 43.5 Å². The molecule has 0 amide bonds. The molecule has 0 aliphatic heterocycles. The van der Waals surface area contributed by atoms with E-state index in [-0.39, 0.29) is 0 Å². The molecule has 0 saturated heterocycles. The lowest BCUT2D eigenvalue weighted by molar-refractivity contribution is 0.140. The van der Waals surface area contributed by atoms with Crippen LogP contribution >= 0.6 is 11.6 Å². The monoisotopic (exact) mass is 227 g/mol. The van der Waals surface area contributed by atoms with Gasteiger partial charge in [-0.2, -0.15) is 0 Å². The highest BCUT2D eigenvalue weighted by atomic mass is 35.5. The van der Waals surface area contributed by atoms with E-state index in [1.807, 2.05) is 25.1 Å². The zero-order valence-corrected chi connectivity index (χ0v) is 9.83. The number of benzene rings is 1. The molecule has 1 aromatic rings. The molecule has 15 heavy (non-hydrogen) atoms. The maximum Gasteiger partial charge on any atom is 0.0472 e. The molecule has 0 saturated carbocycles. The van der Waals surface area contributed by atoms with Crippen LogP contribution < -0.4 is 5.73 Å². The Kier molecular flexibility index (Phi) is 5.69. The van der Waals surface area contributed by atoms with Crippen molar-refractivity contribution in [2.45, 2.75) is 19.3 Å². The molecule has 0 aliphatic rings. The molecule has 0 aliphatic carbocycles. The fourth-order valence-corrected chi connectivity index (χ4v) is 1.75. The molecule has 0 spiro atoms. The second kappa shape index (κ2) is 6.83. The van der Waals surface area contributed by atoms with Gasteiger partial charge in [-0.25, -0.2) is 0 Å². The summed E-state index contributed by atoms with van der Waals surface area (Å²) in [5, 5.41) is 0.766. The summed E-state index contributed by atoms with van der Waals surface area (Å²) in [7, 11) is 0. The Hall–Kier alpha value is -0.570. The number of rotatable bonds is 6. The standard InChI is InChI=1S/C12H18ClNO/c1-2-15-7-6-11(9-14)10-4-3-5-12(13)8-10/h3-5,8,11H,2,6-7,9,14H2,1H3. The van der Waals surface area contributed by atoms with E-state index in [0.717, 1.165) is 24.7 Å². The van der Waals surface area contributed by atoms with Crippen LogP contribution in [0.1, 0.15) is 24.8 Å². The van der Waals surface area contributed by atoms with Gasteiger partial charge in [0.2, 0.25) is 0 Å². The molecular weight excluding hydrogens is 210 g/mol. The van der Waals surface area contributed by atoms with Crippen molar-refractivity contribution in [2.24, 2.45) is 5.73 Å². The lowest BCUT2D eigenvalue weighted by Crippen LogP contribution is -2.14. The van der Waals surface area contributed by atoms with E-state index in [1.165, 1.54) is 5.56 Å². The van der Waals surface area contributed by atoms with Gasteiger partial charge in [0.25, 0.3) is 0 Å². The minimum Gasteiger partial charge on any atom is -0.382 e. The molecule has 0 aromatic heterocycles. The Morgan fingerprint density at radius 3 is 2.87 bits per heavy atom. The first-order valence-electron chi connectivity index (χ1n) is 5.31. The van der Waals surface area contributed by atoms with E-state index >= 15 is 0 Å². The molecule has 84 valence electrons. The van der Waals surface area contributed by atoms with Crippen LogP contribution in [-0.4, -0.2) is 19.8 Å². The van der Waals surface area contributed by atoms with Crippen molar-refractivity contribution < 1.29 is 4.74 Å². The first-order valence-corrected chi connectivity index (χ1v) is 5.69. The third-order valence-corrected chi connectivity index (χ3v) is 2.65. The van der Waals surface area contributed by atoms with Crippen LogP contribution in [0.5, 0.6) is 0 Å². The molecular formula is C12H18ClNO. The Morgan fingerprint density at radius 2 is 2.27 bits per heavy atom. The van der Waals surface area contributed by atoms with Gasteiger partial charge >= 0.3 is 0 Å². The topological polar surface area (TPSA) is 35.2 Å². The average Bonchev–Trinajstić information content (AvgIpc) is 2.24. The second-order valence-corrected chi connectivity index (χ2v) is 3.91. The van der Waals surface area contributed by atoms with Gasteiger partial charge in [0.05, 0.1) is 0 Å². The molecule has 3 heteroatoms. The predicted octanol–water partition coefficient (Wildman–Crippen LogP) is 2.81. The van der Waals surface area contributed by atoms with E-state index < -0.39 is 0 Å². The highest BCUT2D eigenvalue weighted by molar-refractivity contribution is 6.30. The maximum absolute atomic E-state index is 5.94. The molecule has 0 heterocycles. The maximum atomic E-state index is 5.94. The molecule has 1 unspecified atom stereocenters. The SMILES string of the molecule is CCOCCC(CN)c1cccc(Cl)c1. The summed E-state index contributed by atoms with van der Waals surface area (Å²) < 4.78 is 5.33. The van der Waals surface area contributed by atoms with E-state index in [4.69, 9.17) is 22.1 Å². The van der Waals surface area contributed by atoms with Gasteiger partial charge in [-0.3, -0.25) is 0 Å². The summed E-state index contributed by atoms with van der Waals surface area (Å²) in [6.45, 7) is 4.14. The first-order chi connectivity index (χ1) is 7.27. The number of halogens is 1. The number of hydrogen-bond donors (Lipinski definition) is 1. The highest BCUT2D eigenvalue weighted by Crippen LogP contribution is 2.21. The molecule has 0 radical (unpaired) electrons. The summed E-state index contributed by atoms with van der Waals surface area (Å²) in [6, 6.07) is 7.88. The minimum absolute atomic E-state index is 0.343. The molecule has 1 rings (SSSR count). The lowest BCUT2D eigenvalue weighted by Gasteiger charge is -2.15. The molecule has 2 nitrogen and oxygen atoms in total. The third kappa shape index (κ3) is 4.20. The van der Waals surface area contributed by atoms with Gasteiger partial charge in [-0.15, -0.1) is 0 Å². The summed E-state index contributed by atoms with van der Waals surface area (Å²) >= 11 is 5.94. The highest BCUT2D eigenvalue weighted by Gasteiger charge is 2.09. The summed E-state index contributed by atoms with van der Waals surface area (Å²) in [4.78, 5) is 0. The number of ether oxygens (including phenoxy) is 1. The van der Waals surface area contributed by atoms with E-state index in [2.05, 4.69) is 6.07 Å². The van der Waals surface area contributed by atoms with Crippen molar-refractivity contribution in [3.63, 3.8) is 0 Å². The van der Waals surface area contributed by atoms with Crippen molar-refractivity contribution in [1.82, 2.24) is 0 Å². The van der Waals surface area contributed by atoms with Crippen LogP contribution in [0.4, 0.5) is 0 Å². The molecule has 0 bridgehead atoms. The minimum atomic E-state index is 0.343. The lowest BCUT2D eigenvalue weighted by atomic mass is 9.96. The van der Waals surface area contributed by atoms with Crippen LogP contribution in [-0.2, 0) is 4.74 Å². The van der Waals surface area contributed by atoms with Crippen molar-refractivity contribution in [2.75, 3.05) is 19.8 Å². The van der Waals surface area contributed by atoms with Crippen molar-refractivity contribution >= 4 is 11.6 Å². The Balaban J connectivity index is 2.57. The van der Waals surface area contributed by atoms with Crippen LogP contribution in [0, 0.1) is 0 Å². The summed E-state index contributed by atoms with van der Waals surface area (Å²) in [5.74, 6) is 0.343. The van der Waals surface area contributed by atoms with Gasteiger partial charge in [-0.1, -0.05) is 23.7 Å². The number of hydrogen-bond acceptors (Lipinski definition) is 2. The molecule has 1 aromatic carbocycles. The van der Waals surface area contributed by atoms with Gasteiger partial charge in [0, 0.05) is 18.2 Å². The van der Waals surface area contributed by atoms with Crippen molar-refractivity contribution in [3.8, 4) is 0 Å². The fraction of sp³-hybridized carbons (Fsp3) is 0.500. The summed E-state index contributed by atoms with van der Waals surface area (Å²) in [5.41, 5.74) is 6.94. The summed E-state index contributed by atoms with van der Waals surface area (Å²) in [6.07, 6.45) is 0.949. The molecule has 0 fully saturated rings. The Morgan fingerprint density at radius 1 is 1.47 bits per heavy atom. The third-order valence-electron chi connectivity index (χ3n) is 2.42. The van der Waals surface area contributed by atoms with E-state index in [1.54, 1.807) is 0 Å². The van der Waals surface area contributed by atoms with E-state index in [9.17, 15) is 0 Å². The average molecular weight is 228 g/mol. The molecule has 1 atom stereocenters. The molecule has 2 N–H and O–H groups in total. The second-order valence-electron chi connectivity index (χ2n) is 3.47. The van der Waals surface area contributed by atoms with Gasteiger partial charge < -0.3 is 10.5 Å². The smallest absolute Gasteiger partial charge is 0.0472 e. The number of nitrogens with two attached hydrogens (primary N) is 1.